The molecule has 1 aromatic heterocycles. The summed E-state index contributed by atoms with van der Waals surface area (Å²) in [7, 11) is -3.61. The average molecular weight is 345 g/mol. The van der Waals surface area contributed by atoms with Crippen LogP contribution in [0.4, 0.5) is 11.5 Å². The number of sulfonamides is 1. The van der Waals surface area contributed by atoms with Gasteiger partial charge >= 0.3 is 0 Å². The van der Waals surface area contributed by atoms with Crippen LogP contribution >= 0.6 is 0 Å². The highest BCUT2D eigenvalue weighted by molar-refractivity contribution is 7.92. The second kappa shape index (κ2) is 6.81. The molecule has 0 amide bonds. The maximum Gasteiger partial charge on any atom is 0.262 e. The Hall–Kier alpha value is -2.08. The van der Waals surface area contributed by atoms with Crippen LogP contribution in [0, 0.1) is 13.8 Å². The van der Waals surface area contributed by atoms with Gasteiger partial charge in [0.25, 0.3) is 10.0 Å². The molecule has 0 unspecified atom stereocenters. The summed E-state index contributed by atoms with van der Waals surface area (Å²) in [6.45, 7) is 3.67. The number of hydrogen-bond acceptors (Lipinski definition) is 4. The molecule has 3 rings (SSSR count). The normalized spacial score (nSPS) is 15.4. The van der Waals surface area contributed by atoms with Gasteiger partial charge in [-0.2, -0.15) is 0 Å². The second-order valence-corrected chi connectivity index (χ2v) is 8.08. The third kappa shape index (κ3) is 3.87. The first-order valence-electron chi connectivity index (χ1n) is 8.27. The topological polar surface area (TPSA) is 71.1 Å². The Kier molecular flexibility index (Phi) is 4.76. The van der Waals surface area contributed by atoms with Crippen LogP contribution in [0.3, 0.4) is 0 Å². The molecule has 6 heteroatoms. The van der Waals surface area contributed by atoms with Gasteiger partial charge in [0.15, 0.2) is 0 Å². The summed E-state index contributed by atoms with van der Waals surface area (Å²) in [5, 5.41) is 3.39. The van der Waals surface area contributed by atoms with Crippen molar-refractivity contribution in [1.82, 2.24) is 4.98 Å². The van der Waals surface area contributed by atoms with E-state index in [-0.39, 0.29) is 0 Å². The molecule has 0 spiro atoms. The molecule has 0 aliphatic heterocycles. The zero-order chi connectivity index (χ0) is 17.2. The van der Waals surface area contributed by atoms with E-state index in [0.717, 1.165) is 16.9 Å². The van der Waals surface area contributed by atoms with Crippen LogP contribution in [0.1, 0.15) is 36.8 Å². The smallest absolute Gasteiger partial charge is 0.262 e. The number of nitrogens with zero attached hydrogens (tertiary/aromatic N) is 1. The van der Waals surface area contributed by atoms with E-state index in [1.807, 2.05) is 25.1 Å². The minimum absolute atomic E-state index is 0.302. The minimum atomic E-state index is -3.61. The summed E-state index contributed by atoms with van der Waals surface area (Å²) < 4.78 is 27.8. The summed E-state index contributed by atoms with van der Waals surface area (Å²) in [5.74, 6) is 0.789. The standard InChI is InChI=1S/C18H23N3O2S/c1-13-7-8-14(2)17(11-13)24(22,23)21-16-9-10-18(19-12-16)20-15-5-3-4-6-15/h7-12,15,21H,3-6H2,1-2H3,(H,19,20). The van der Waals surface area contributed by atoms with Crippen molar-refractivity contribution < 1.29 is 8.42 Å². The van der Waals surface area contributed by atoms with Gasteiger partial charge in [-0.25, -0.2) is 13.4 Å². The Labute approximate surface area is 143 Å². The van der Waals surface area contributed by atoms with Crippen molar-refractivity contribution >= 4 is 21.5 Å². The van der Waals surface area contributed by atoms with Crippen LogP contribution in [0.2, 0.25) is 0 Å². The SMILES string of the molecule is Cc1ccc(C)c(S(=O)(=O)Nc2ccc(NC3CCCC3)nc2)c1. The summed E-state index contributed by atoms with van der Waals surface area (Å²) in [5.41, 5.74) is 2.10. The number of hydrogen-bond donors (Lipinski definition) is 2. The first-order valence-corrected chi connectivity index (χ1v) is 9.75. The molecule has 0 saturated heterocycles. The Balaban J connectivity index is 1.73. The monoisotopic (exact) mass is 345 g/mol. The maximum atomic E-state index is 12.6. The molecule has 1 heterocycles. The predicted octanol–water partition coefficient (Wildman–Crippen LogP) is 3.85. The zero-order valence-corrected chi connectivity index (χ0v) is 14.9. The lowest BCUT2D eigenvalue weighted by atomic mass is 10.2. The van der Waals surface area contributed by atoms with Crippen LogP contribution in [-0.4, -0.2) is 19.4 Å². The van der Waals surface area contributed by atoms with E-state index >= 15 is 0 Å². The molecule has 128 valence electrons. The Bertz CT molecular complexity index is 811. The highest BCUT2D eigenvalue weighted by Gasteiger charge is 2.18. The van der Waals surface area contributed by atoms with Crippen molar-refractivity contribution in [2.75, 3.05) is 10.0 Å². The number of aryl methyl sites for hydroxylation is 2. The molecule has 24 heavy (non-hydrogen) atoms. The molecule has 0 radical (unpaired) electrons. The zero-order valence-electron chi connectivity index (χ0n) is 14.0. The van der Waals surface area contributed by atoms with Gasteiger partial charge in [0.2, 0.25) is 0 Å². The fourth-order valence-corrected chi connectivity index (χ4v) is 4.40. The molecule has 2 N–H and O–H groups in total. The number of pyridine rings is 1. The summed E-state index contributed by atoms with van der Waals surface area (Å²) in [4.78, 5) is 4.62. The van der Waals surface area contributed by atoms with E-state index in [2.05, 4.69) is 15.0 Å². The van der Waals surface area contributed by atoms with Gasteiger partial charge in [-0.05, 0) is 56.0 Å². The second-order valence-electron chi connectivity index (χ2n) is 6.43. The van der Waals surface area contributed by atoms with Crippen molar-refractivity contribution in [3.8, 4) is 0 Å². The Morgan fingerprint density at radius 2 is 1.83 bits per heavy atom. The molecule has 5 nitrogen and oxygen atoms in total. The van der Waals surface area contributed by atoms with Crippen LogP contribution in [0.25, 0.3) is 0 Å². The molecular weight excluding hydrogens is 322 g/mol. The Morgan fingerprint density at radius 3 is 2.50 bits per heavy atom. The molecule has 2 aromatic rings. The van der Waals surface area contributed by atoms with Crippen LogP contribution in [0.15, 0.2) is 41.4 Å². The van der Waals surface area contributed by atoms with E-state index in [4.69, 9.17) is 0 Å². The predicted molar refractivity (Wildman–Crippen MR) is 96.8 cm³/mol. The van der Waals surface area contributed by atoms with Crippen molar-refractivity contribution in [1.29, 1.82) is 0 Å². The fraction of sp³-hybridized carbons (Fsp3) is 0.389. The van der Waals surface area contributed by atoms with Crippen molar-refractivity contribution in [2.45, 2.75) is 50.5 Å². The molecule has 1 aliphatic carbocycles. The third-order valence-electron chi connectivity index (χ3n) is 4.36. The highest BCUT2D eigenvalue weighted by atomic mass is 32.2. The fourth-order valence-electron chi connectivity index (χ4n) is 3.03. The largest absolute Gasteiger partial charge is 0.367 e. The minimum Gasteiger partial charge on any atom is -0.367 e. The summed E-state index contributed by atoms with van der Waals surface area (Å²) >= 11 is 0. The number of nitrogens with one attached hydrogen (secondary N) is 2. The molecule has 0 bridgehead atoms. The Morgan fingerprint density at radius 1 is 1.08 bits per heavy atom. The maximum absolute atomic E-state index is 12.6. The molecular formula is C18H23N3O2S. The van der Waals surface area contributed by atoms with Gasteiger partial charge in [0.1, 0.15) is 5.82 Å². The van der Waals surface area contributed by atoms with Crippen molar-refractivity contribution in [3.05, 3.63) is 47.7 Å². The van der Waals surface area contributed by atoms with Crippen LogP contribution in [0.5, 0.6) is 0 Å². The van der Waals surface area contributed by atoms with E-state index in [9.17, 15) is 8.42 Å². The molecule has 1 fully saturated rings. The quantitative estimate of drug-likeness (QED) is 0.863. The number of aromatic nitrogens is 1. The first kappa shape index (κ1) is 16.8. The van der Waals surface area contributed by atoms with E-state index < -0.39 is 10.0 Å². The summed E-state index contributed by atoms with van der Waals surface area (Å²) in [6.07, 6.45) is 6.40. The third-order valence-corrected chi connectivity index (χ3v) is 5.88. The molecule has 1 saturated carbocycles. The van der Waals surface area contributed by atoms with Gasteiger partial charge < -0.3 is 5.32 Å². The highest BCUT2D eigenvalue weighted by Crippen LogP contribution is 2.23. The van der Waals surface area contributed by atoms with Gasteiger partial charge in [-0.15, -0.1) is 0 Å². The van der Waals surface area contributed by atoms with Crippen LogP contribution in [-0.2, 0) is 10.0 Å². The lowest BCUT2D eigenvalue weighted by Gasteiger charge is -2.14. The molecule has 1 aliphatic rings. The van der Waals surface area contributed by atoms with Gasteiger partial charge in [-0.3, -0.25) is 4.72 Å². The number of benzene rings is 1. The number of anilines is 2. The van der Waals surface area contributed by atoms with Gasteiger partial charge in [0, 0.05) is 6.04 Å². The van der Waals surface area contributed by atoms with Gasteiger partial charge in [-0.1, -0.05) is 25.0 Å². The summed E-state index contributed by atoms with van der Waals surface area (Å²) in [6, 6.07) is 9.44. The van der Waals surface area contributed by atoms with Crippen molar-refractivity contribution in [2.24, 2.45) is 0 Å². The van der Waals surface area contributed by atoms with E-state index in [1.54, 1.807) is 25.3 Å². The van der Waals surface area contributed by atoms with Crippen LogP contribution < -0.4 is 10.0 Å². The van der Waals surface area contributed by atoms with E-state index in [0.29, 0.717) is 16.6 Å². The molecule has 0 atom stereocenters. The average Bonchev–Trinajstić information content (AvgIpc) is 3.04. The van der Waals surface area contributed by atoms with E-state index in [1.165, 1.54) is 25.7 Å². The number of rotatable bonds is 5. The molecule has 1 aromatic carbocycles. The van der Waals surface area contributed by atoms with Crippen molar-refractivity contribution in [3.63, 3.8) is 0 Å². The van der Waals surface area contributed by atoms with Gasteiger partial charge in [0.05, 0.1) is 16.8 Å². The lowest BCUT2D eigenvalue weighted by Crippen LogP contribution is -2.16. The first-order chi connectivity index (χ1) is 11.4. The lowest BCUT2D eigenvalue weighted by molar-refractivity contribution is 0.600.